The maximum Gasteiger partial charge on any atom is 0.189 e. The molecule has 22 heavy (non-hydrogen) atoms. The van der Waals surface area contributed by atoms with Crippen molar-refractivity contribution in [3.8, 4) is 11.5 Å². The zero-order valence-corrected chi connectivity index (χ0v) is 13.1. The Labute approximate surface area is 130 Å². The van der Waals surface area contributed by atoms with Crippen LogP contribution in [0.5, 0.6) is 11.5 Å². The lowest BCUT2D eigenvalue weighted by Gasteiger charge is -2.06. The number of hydrogen-bond donors (Lipinski definition) is 1. The van der Waals surface area contributed by atoms with Crippen LogP contribution in [0.4, 0.5) is 0 Å². The molecule has 0 spiro atoms. The number of aromatic hydroxyl groups is 1. The van der Waals surface area contributed by atoms with Crippen LogP contribution in [-0.2, 0) is 0 Å². The van der Waals surface area contributed by atoms with Crippen LogP contribution < -0.4 is 4.74 Å². The molecule has 0 bridgehead atoms. The minimum atomic E-state index is -0.210. The zero-order valence-electron chi connectivity index (χ0n) is 13.1. The molecule has 0 saturated carbocycles. The van der Waals surface area contributed by atoms with Crippen LogP contribution in [0, 0.1) is 13.8 Å². The van der Waals surface area contributed by atoms with Gasteiger partial charge in [-0.15, -0.1) is 0 Å². The van der Waals surface area contributed by atoms with E-state index >= 15 is 0 Å². The summed E-state index contributed by atoms with van der Waals surface area (Å²) in [5.41, 5.74) is 2.89. The highest BCUT2D eigenvalue weighted by molar-refractivity contribution is 6.08. The van der Waals surface area contributed by atoms with Crippen molar-refractivity contribution in [2.45, 2.75) is 20.8 Å². The first kappa shape index (κ1) is 15.8. The third-order valence-electron chi connectivity index (χ3n) is 3.33. The van der Waals surface area contributed by atoms with Crippen LogP contribution in [-0.4, -0.2) is 17.5 Å². The highest BCUT2D eigenvalue weighted by Gasteiger charge is 2.11. The van der Waals surface area contributed by atoms with Gasteiger partial charge < -0.3 is 9.84 Å². The lowest BCUT2D eigenvalue weighted by atomic mass is 10.0. The number of aryl methyl sites for hydroxylation is 2. The minimum Gasteiger partial charge on any atom is -0.507 e. The van der Waals surface area contributed by atoms with E-state index in [0.717, 1.165) is 16.9 Å². The van der Waals surface area contributed by atoms with Gasteiger partial charge in [-0.25, -0.2) is 0 Å². The molecule has 0 fully saturated rings. The Balaban J connectivity index is 2.18. The molecule has 114 valence electrons. The van der Waals surface area contributed by atoms with E-state index in [1.54, 1.807) is 19.1 Å². The average molecular weight is 296 g/mol. The molecule has 1 N–H and O–H groups in total. The third-order valence-corrected chi connectivity index (χ3v) is 3.33. The summed E-state index contributed by atoms with van der Waals surface area (Å²) in [7, 11) is 0. The van der Waals surface area contributed by atoms with E-state index in [9.17, 15) is 9.90 Å². The minimum absolute atomic E-state index is 0.0481. The second-order valence-electron chi connectivity index (χ2n) is 5.18. The molecule has 0 amide bonds. The van der Waals surface area contributed by atoms with Gasteiger partial charge in [-0.1, -0.05) is 24.3 Å². The SMILES string of the molecule is CCOc1ccc(/C=C/C(=O)c2cc(C)cc(C)c2O)cc1. The molecule has 0 atom stereocenters. The van der Waals surface area contributed by atoms with E-state index in [-0.39, 0.29) is 11.5 Å². The smallest absolute Gasteiger partial charge is 0.189 e. The number of phenols is 1. The number of ketones is 1. The maximum atomic E-state index is 12.2. The van der Waals surface area contributed by atoms with Gasteiger partial charge in [-0.05, 0) is 61.7 Å². The van der Waals surface area contributed by atoms with Gasteiger partial charge in [0.2, 0.25) is 0 Å². The summed E-state index contributed by atoms with van der Waals surface area (Å²) in [5.74, 6) is 0.642. The molecule has 0 aromatic heterocycles. The number of rotatable bonds is 5. The second-order valence-corrected chi connectivity index (χ2v) is 5.18. The normalized spacial score (nSPS) is 10.9. The molecule has 0 unspecified atom stereocenters. The molecule has 0 aliphatic rings. The quantitative estimate of drug-likeness (QED) is 0.661. The molecule has 0 saturated heterocycles. The predicted molar refractivity (Wildman–Crippen MR) is 88.6 cm³/mol. The monoisotopic (exact) mass is 296 g/mol. The van der Waals surface area contributed by atoms with Crippen LogP contribution in [0.3, 0.4) is 0 Å². The van der Waals surface area contributed by atoms with E-state index in [0.29, 0.717) is 17.7 Å². The molecule has 0 heterocycles. The van der Waals surface area contributed by atoms with Crippen LogP contribution in [0.15, 0.2) is 42.5 Å². The van der Waals surface area contributed by atoms with Gasteiger partial charge in [-0.3, -0.25) is 4.79 Å². The molecule has 2 rings (SSSR count). The number of phenolic OH excluding ortho intramolecular Hbond substituents is 1. The Morgan fingerprint density at radius 2 is 1.86 bits per heavy atom. The summed E-state index contributed by atoms with van der Waals surface area (Å²) in [4.78, 5) is 12.2. The summed E-state index contributed by atoms with van der Waals surface area (Å²) < 4.78 is 5.37. The summed E-state index contributed by atoms with van der Waals surface area (Å²) >= 11 is 0. The van der Waals surface area contributed by atoms with Crippen LogP contribution >= 0.6 is 0 Å². The summed E-state index contributed by atoms with van der Waals surface area (Å²) in [5, 5.41) is 10.0. The largest absolute Gasteiger partial charge is 0.507 e. The molecule has 0 aliphatic heterocycles. The maximum absolute atomic E-state index is 12.2. The lowest BCUT2D eigenvalue weighted by Crippen LogP contribution is -1.97. The topological polar surface area (TPSA) is 46.5 Å². The first-order valence-corrected chi connectivity index (χ1v) is 7.26. The Bertz CT molecular complexity index is 697. The van der Waals surface area contributed by atoms with Gasteiger partial charge in [0.15, 0.2) is 5.78 Å². The van der Waals surface area contributed by atoms with Gasteiger partial charge >= 0.3 is 0 Å². The lowest BCUT2D eigenvalue weighted by molar-refractivity contribution is 0.104. The summed E-state index contributed by atoms with van der Waals surface area (Å²) in [6.07, 6.45) is 3.21. The van der Waals surface area contributed by atoms with Gasteiger partial charge in [-0.2, -0.15) is 0 Å². The fourth-order valence-corrected chi connectivity index (χ4v) is 2.25. The molecule has 2 aromatic carbocycles. The summed E-state index contributed by atoms with van der Waals surface area (Å²) in [6, 6.07) is 11.0. The molecule has 3 nitrogen and oxygen atoms in total. The summed E-state index contributed by atoms with van der Waals surface area (Å²) in [6.45, 7) is 6.25. The number of hydrogen-bond acceptors (Lipinski definition) is 3. The van der Waals surface area contributed by atoms with Gasteiger partial charge in [0.05, 0.1) is 12.2 Å². The Kier molecular flexibility index (Phi) is 4.99. The van der Waals surface area contributed by atoms with E-state index < -0.39 is 0 Å². The van der Waals surface area contributed by atoms with Crippen molar-refractivity contribution in [2.75, 3.05) is 6.61 Å². The van der Waals surface area contributed by atoms with E-state index in [4.69, 9.17) is 4.74 Å². The van der Waals surface area contributed by atoms with Crippen molar-refractivity contribution in [3.05, 3.63) is 64.7 Å². The molecule has 3 heteroatoms. The Morgan fingerprint density at radius 1 is 1.18 bits per heavy atom. The van der Waals surface area contributed by atoms with Gasteiger partial charge in [0.25, 0.3) is 0 Å². The Hall–Kier alpha value is -2.55. The molecule has 0 aliphatic carbocycles. The van der Waals surface area contributed by atoms with Gasteiger partial charge in [0.1, 0.15) is 11.5 Å². The second kappa shape index (κ2) is 6.94. The third kappa shape index (κ3) is 3.76. The van der Waals surface area contributed by atoms with Gasteiger partial charge in [0, 0.05) is 0 Å². The first-order valence-electron chi connectivity index (χ1n) is 7.26. The highest BCUT2D eigenvalue weighted by atomic mass is 16.5. The number of ether oxygens (including phenoxy) is 1. The fraction of sp³-hybridized carbons (Fsp3) is 0.211. The number of benzene rings is 2. The molecular formula is C19H20O3. The number of allylic oxidation sites excluding steroid dienone is 1. The zero-order chi connectivity index (χ0) is 16.1. The van der Waals surface area contributed by atoms with Crippen molar-refractivity contribution in [1.82, 2.24) is 0 Å². The van der Waals surface area contributed by atoms with Crippen LogP contribution in [0.25, 0.3) is 6.08 Å². The van der Waals surface area contributed by atoms with Crippen molar-refractivity contribution in [2.24, 2.45) is 0 Å². The van der Waals surface area contributed by atoms with Crippen molar-refractivity contribution in [1.29, 1.82) is 0 Å². The van der Waals surface area contributed by atoms with E-state index in [2.05, 4.69) is 0 Å². The van der Waals surface area contributed by atoms with Crippen molar-refractivity contribution in [3.63, 3.8) is 0 Å². The molecule has 0 radical (unpaired) electrons. The van der Waals surface area contributed by atoms with E-state index in [1.165, 1.54) is 6.08 Å². The predicted octanol–water partition coefficient (Wildman–Crippen LogP) is 4.30. The van der Waals surface area contributed by atoms with Crippen LogP contribution in [0.2, 0.25) is 0 Å². The first-order chi connectivity index (χ1) is 10.5. The Morgan fingerprint density at radius 3 is 2.50 bits per heavy atom. The average Bonchev–Trinajstić information content (AvgIpc) is 2.50. The van der Waals surface area contributed by atoms with Crippen molar-refractivity contribution >= 4 is 11.9 Å². The molecule has 2 aromatic rings. The standard InChI is InChI=1S/C19H20O3/c1-4-22-16-8-5-15(6-9-16)7-10-18(20)17-12-13(2)11-14(3)19(17)21/h5-12,21H,4H2,1-3H3/b10-7+. The fourth-order valence-electron chi connectivity index (χ4n) is 2.25. The van der Waals surface area contributed by atoms with Crippen LogP contribution in [0.1, 0.15) is 34.0 Å². The molecular weight excluding hydrogens is 276 g/mol. The van der Waals surface area contributed by atoms with Crippen molar-refractivity contribution < 1.29 is 14.6 Å². The number of carbonyl (C=O) groups is 1. The van der Waals surface area contributed by atoms with E-state index in [1.807, 2.05) is 44.2 Å². The highest BCUT2D eigenvalue weighted by Crippen LogP contribution is 2.24. The number of carbonyl (C=O) groups excluding carboxylic acids is 1.